The first-order valence-corrected chi connectivity index (χ1v) is 10.6. The summed E-state index contributed by atoms with van der Waals surface area (Å²) in [5.74, 6) is -0.224. The standard InChI is InChI=1S/C25H24N4O4/c30-23(31)16-22(17-7-2-1-3-8-17)33-21-12-5-4-11-20(21)29-24(32)18-9-6-10-19(15-18)28-25-26-13-14-27-25/h1-12,15,22H,13-14,16H2,(H,29,32)(H,30,31)(H2,26,27,28). The number of anilines is 2. The van der Waals surface area contributed by atoms with Gasteiger partial charge in [-0.2, -0.15) is 0 Å². The summed E-state index contributed by atoms with van der Waals surface area (Å²) in [4.78, 5) is 28.7. The van der Waals surface area contributed by atoms with Crippen LogP contribution in [0.4, 0.5) is 11.4 Å². The van der Waals surface area contributed by atoms with Crippen LogP contribution in [-0.4, -0.2) is 36.0 Å². The molecule has 0 saturated heterocycles. The first kappa shape index (κ1) is 21.9. The van der Waals surface area contributed by atoms with Gasteiger partial charge in [-0.3, -0.25) is 14.6 Å². The number of nitrogens with one attached hydrogen (secondary N) is 3. The van der Waals surface area contributed by atoms with Crippen molar-refractivity contribution in [1.29, 1.82) is 0 Å². The minimum atomic E-state index is -0.976. The van der Waals surface area contributed by atoms with Crippen molar-refractivity contribution in [3.8, 4) is 5.75 Å². The van der Waals surface area contributed by atoms with Crippen LogP contribution in [0, 0.1) is 0 Å². The molecule has 0 radical (unpaired) electrons. The third kappa shape index (κ3) is 5.88. The van der Waals surface area contributed by atoms with E-state index >= 15 is 0 Å². The Morgan fingerprint density at radius 3 is 2.58 bits per heavy atom. The number of para-hydroxylation sites is 2. The second kappa shape index (κ2) is 10.3. The van der Waals surface area contributed by atoms with Gasteiger partial charge in [-0.1, -0.05) is 48.5 Å². The number of carbonyl (C=O) groups excluding carboxylic acids is 1. The molecule has 0 spiro atoms. The summed E-state index contributed by atoms with van der Waals surface area (Å²) in [6, 6.07) is 23.2. The Morgan fingerprint density at radius 1 is 1.03 bits per heavy atom. The smallest absolute Gasteiger partial charge is 0.307 e. The number of nitrogens with zero attached hydrogens (tertiary/aromatic N) is 1. The van der Waals surface area contributed by atoms with Crippen molar-refractivity contribution in [2.45, 2.75) is 12.5 Å². The van der Waals surface area contributed by atoms with E-state index in [-0.39, 0.29) is 12.3 Å². The maximum absolute atomic E-state index is 13.0. The molecule has 4 N–H and O–H groups in total. The molecule has 0 aliphatic carbocycles. The Hall–Kier alpha value is -4.33. The highest BCUT2D eigenvalue weighted by Crippen LogP contribution is 2.31. The molecule has 1 unspecified atom stereocenters. The van der Waals surface area contributed by atoms with Crippen LogP contribution in [0.15, 0.2) is 83.9 Å². The first-order chi connectivity index (χ1) is 16.1. The van der Waals surface area contributed by atoms with Crippen LogP contribution in [0.2, 0.25) is 0 Å². The molecular formula is C25H24N4O4. The number of carbonyl (C=O) groups is 2. The lowest BCUT2D eigenvalue weighted by Crippen LogP contribution is -2.26. The summed E-state index contributed by atoms with van der Waals surface area (Å²) in [7, 11) is 0. The van der Waals surface area contributed by atoms with Crippen LogP contribution in [-0.2, 0) is 4.79 Å². The number of carboxylic acid groups (broad SMARTS) is 1. The van der Waals surface area contributed by atoms with E-state index in [1.165, 1.54) is 0 Å². The number of hydrogen-bond donors (Lipinski definition) is 4. The van der Waals surface area contributed by atoms with E-state index in [0.29, 0.717) is 29.5 Å². The van der Waals surface area contributed by atoms with Crippen LogP contribution in [0.1, 0.15) is 28.4 Å². The predicted molar refractivity (Wildman–Crippen MR) is 127 cm³/mol. The topological polar surface area (TPSA) is 112 Å². The molecule has 0 saturated carbocycles. The minimum Gasteiger partial charge on any atom is -0.483 e. The molecule has 8 heteroatoms. The monoisotopic (exact) mass is 444 g/mol. The molecule has 0 fully saturated rings. The van der Waals surface area contributed by atoms with Crippen LogP contribution in [0.5, 0.6) is 5.75 Å². The zero-order valence-electron chi connectivity index (χ0n) is 17.8. The van der Waals surface area contributed by atoms with Gasteiger partial charge in [-0.15, -0.1) is 0 Å². The van der Waals surface area contributed by atoms with E-state index in [2.05, 4.69) is 20.9 Å². The summed E-state index contributed by atoms with van der Waals surface area (Å²) in [6.45, 7) is 1.50. The fourth-order valence-electron chi connectivity index (χ4n) is 3.43. The third-order valence-corrected chi connectivity index (χ3v) is 5.00. The van der Waals surface area contributed by atoms with Crippen molar-refractivity contribution in [2.75, 3.05) is 23.7 Å². The van der Waals surface area contributed by atoms with Crippen molar-refractivity contribution >= 4 is 29.2 Å². The number of aliphatic imine (C=N–C) groups is 1. The lowest BCUT2D eigenvalue weighted by Gasteiger charge is -2.20. The Labute approximate surface area is 191 Å². The van der Waals surface area contributed by atoms with Crippen LogP contribution < -0.4 is 20.7 Å². The SMILES string of the molecule is O=C(O)CC(Oc1ccccc1NC(=O)c1cccc(NC2=NCCN2)c1)c1ccccc1. The van der Waals surface area contributed by atoms with Gasteiger partial charge < -0.3 is 25.8 Å². The van der Waals surface area contributed by atoms with Gasteiger partial charge in [0.2, 0.25) is 0 Å². The quantitative estimate of drug-likeness (QED) is 0.419. The van der Waals surface area contributed by atoms with Gasteiger partial charge in [-0.25, -0.2) is 0 Å². The van der Waals surface area contributed by atoms with Gasteiger partial charge in [0, 0.05) is 17.8 Å². The highest BCUT2D eigenvalue weighted by molar-refractivity contribution is 6.06. The van der Waals surface area contributed by atoms with E-state index in [9.17, 15) is 14.7 Å². The number of ether oxygens (including phenoxy) is 1. The Bertz CT molecular complexity index is 1160. The summed E-state index contributed by atoms with van der Waals surface area (Å²) < 4.78 is 6.06. The zero-order valence-corrected chi connectivity index (χ0v) is 17.8. The van der Waals surface area contributed by atoms with Gasteiger partial charge in [0.05, 0.1) is 18.7 Å². The minimum absolute atomic E-state index is 0.210. The average Bonchev–Trinajstić information content (AvgIpc) is 3.33. The average molecular weight is 444 g/mol. The normalized spacial score (nSPS) is 13.4. The fourth-order valence-corrected chi connectivity index (χ4v) is 3.43. The van der Waals surface area contributed by atoms with Gasteiger partial charge >= 0.3 is 5.97 Å². The highest BCUT2D eigenvalue weighted by Gasteiger charge is 2.20. The number of rotatable bonds is 8. The molecule has 33 heavy (non-hydrogen) atoms. The predicted octanol–water partition coefficient (Wildman–Crippen LogP) is 3.90. The molecular weight excluding hydrogens is 420 g/mol. The molecule has 4 rings (SSSR count). The number of guanidine groups is 1. The number of aliphatic carboxylic acids is 1. The molecule has 3 aromatic carbocycles. The highest BCUT2D eigenvalue weighted by atomic mass is 16.5. The lowest BCUT2D eigenvalue weighted by atomic mass is 10.1. The van der Waals surface area contributed by atoms with E-state index in [0.717, 1.165) is 17.8 Å². The lowest BCUT2D eigenvalue weighted by molar-refractivity contribution is -0.138. The summed E-state index contributed by atoms with van der Waals surface area (Å²) in [5.41, 5.74) is 2.39. The molecule has 1 amide bonds. The van der Waals surface area contributed by atoms with E-state index in [1.54, 1.807) is 42.5 Å². The summed E-state index contributed by atoms with van der Waals surface area (Å²) >= 11 is 0. The Kier molecular flexibility index (Phi) is 6.84. The summed E-state index contributed by atoms with van der Waals surface area (Å²) in [5, 5.41) is 18.5. The molecule has 1 aliphatic rings. The molecule has 0 aromatic heterocycles. The second-order valence-corrected chi connectivity index (χ2v) is 7.43. The molecule has 1 aliphatic heterocycles. The van der Waals surface area contributed by atoms with Crippen molar-refractivity contribution in [3.05, 3.63) is 90.0 Å². The van der Waals surface area contributed by atoms with Gasteiger partial charge in [-0.05, 0) is 35.9 Å². The van der Waals surface area contributed by atoms with Crippen LogP contribution in [0.25, 0.3) is 0 Å². The third-order valence-electron chi connectivity index (χ3n) is 5.00. The van der Waals surface area contributed by atoms with Gasteiger partial charge in [0.15, 0.2) is 5.96 Å². The molecule has 168 valence electrons. The second-order valence-electron chi connectivity index (χ2n) is 7.43. The van der Waals surface area contributed by atoms with Crippen molar-refractivity contribution in [1.82, 2.24) is 5.32 Å². The fraction of sp³-hybridized carbons (Fsp3) is 0.160. The number of amides is 1. The molecule has 1 atom stereocenters. The largest absolute Gasteiger partial charge is 0.483 e. The molecule has 8 nitrogen and oxygen atoms in total. The zero-order chi connectivity index (χ0) is 23.0. The van der Waals surface area contributed by atoms with E-state index in [1.807, 2.05) is 36.4 Å². The van der Waals surface area contributed by atoms with Crippen molar-refractivity contribution < 1.29 is 19.4 Å². The van der Waals surface area contributed by atoms with Gasteiger partial charge in [0.25, 0.3) is 5.91 Å². The summed E-state index contributed by atoms with van der Waals surface area (Å²) in [6.07, 6.45) is -0.910. The number of carboxylic acids is 1. The first-order valence-electron chi connectivity index (χ1n) is 10.6. The molecule has 0 bridgehead atoms. The van der Waals surface area contributed by atoms with Crippen LogP contribution >= 0.6 is 0 Å². The van der Waals surface area contributed by atoms with E-state index in [4.69, 9.17) is 4.74 Å². The van der Waals surface area contributed by atoms with Crippen molar-refractivity contribution in [3.63, 3.8) is 0 Å². The molecule has 1 heterocycles. The Balaban J connectivity index is 1.51. The maximum atomic E-state index is 13.0. The molecule has 3 aromatic rings. The van der Waals surface area contributed by atoms with Crippen LogP contribution in [0.3, 0.4) is 0 Å². The number of hydrogen-bond acceptors (Lipinski definition) is 6. The maximum Gasteiger partial charge on any atom is 0.307 e. The van der Waals surface area contributed by atoms with Crippen molar-refractivity contribution in [2.24, 2.45) is 4.99 Å². The number of benzene rings is 3. The van der Waals surface area contributed by atoms with E-state index < -0.39 is 12.1 Å². The van der Waals surface area contributed by atoms with Gasteiger partial charge in [0.1, 0.15) is 11.9 Å². The Morgan fingerprint density at radius 2 is 1.82 bits per heavy atom.